The Morgan fingerprint density at radius 1 is 0.541 bits per heavy atom. The van der Waals surface area contributed by atoms with Crippen LogP contribution in [-0.4, -0.2) is 35.6 Å². The van der Waals surface area contributed by atoms with Gasteiger partial charge in [0.1, 0.15) is 5.92 Å². The van der Waals surface area contributed by atoms with E-state index in [0.29, 0.717) is 16.7 Å². The molecule has 37 heavy (non-hydrogen) atoms. The molecule has 0 saturated heterocycles. The van der Waals surface area contributed by atoms with Crippen LogP contribution in [0.1, 0.15) is 47.8 Å². The fraction of sp³-hybridized carbons (Fsp3) is 0.143. The van der Waals surface area contributed by atoms with Gasteiger partial charge in [-0.05, 0) is 55.7 Å². The zero-order valence-corrected chi connectivity index (χ0v) is 20.1. The molecule has 0 spiro atoms. The molecule has 0 atom stereocenters. The lowest BCUT2D eigenvalue weighted by Crippen LogP contribution is -2.33. The highest BCUT2D eigenvalue weighted by Crippen LogP contribution is 2.34. The van der Waals surface area contributed by atoms with Gasteiger partial charge in [-0.25, -0.2) is 14.4 Å². The summed E-state index contributed by atoms with van der Waals surface area (Å²) in [4.78, 5) is 85.6. The van der Waals surface area contributed by atoms with Gasteiger partial charge in [-0.3, -0.25) is 14.4 Å². The molecule has 9 nitrogen and oxygen atoms in total. The molecule has 0 bridgehead atoms. The number of benzene rings is 3. The molecule has 0 aromatic heterocycles. The summed E-state index contributed by atoms with van der Waals surface area (Å²) in [5.74, 6) is -4.82. The van der Waals surface area contributed by atoms with Gasteiger partial charge in [-0.1, -0.05) is 36.4 Å². The molecule has 0 aliphatic heterocycles. The van der Waals surface area contributed by atoms with Crippen LogP contribution in [0.15, 0.2) is 69.6 Å². The van der Waals surface area contributed by atoms with E-state index in [4.69, 9.17) is 0 Å². The number of Topliss-reactive ketones (excluding diaryl/α,β-unsaturated/α-hetero) is 3. The number of nitrogens with zero attached hydrogens (tertiary/aromatic N) is 3. The molecule has 0 radical (unpaired) electrons. The first-order chi connectivity index (χ1) is 17.8. The minimum Gasteiger partial charge on any atom is -0.293 e. The van der Waals surface area contributed by atoms with Gasteiger partial charge in [0.2, 0.25) is 18.2 Å². The number of hydrogen-bond donors (Lipinski definition) is 0. The molecule has 3 aromatic carbocycles. The quantitative estimate of drug-likeness (QED) is 0.176. The summed E-state index contributed by atoms with van der Waals surface area (Å²) >= 11 is 0. The van der Waals surface area contributed by atoms with Crippen molar-refractivity contribution in [3.05, 3.63) is 88.0 Å². The van der Waals surface area contributed by atoms with Crippen molar-refractivity contribution in [2.45, 2.75) is 20.8 Å². The van der Waals surface area contributed by atoms with Crippen molar-refractivity contribution in [1.82, 2.24) is 0 Å². The van der Waals surface area contributed by atoms with Crippen LogP contribution in [0.2, 0.25) is 0 Å². The number of hydrogen-bond acceptors (Lipinski definition) is 9. The zero-order chi connectivity index (χ0) is 27.1. The fourth-order valence-corrected chi connectivity index (χ4v) is 3.98. The maximum Gasteiger partial charge on any atom is 0.240 e. The summed E-state index contributed by atoms with van der Waals surface area (Å²) < 4.78 is 0. The lowest BCUT2D eigenvalue weighted by molar-refractivity contribution is 0.0734. The van der Waals surface area contributed by atoms with E-state index in [1.807, 2.05) is 0 Å². The normalized spacial score (nSPS) is 10.8. The van der Waals surface area contributed by atoms with Crippen molar-refractivity contribution in [3.8, 4) is 0 Å². The first-order valence-electron chi connectivity index (χ1n) is 10.9. The van der Waals surface area contributed by atoms with Crippen LogP contribution in [0.5, 0.6) is 0 Å². The van der Waals surface area contributed by atoms with E-state index < -0.39 is 23.3 Å². The molecule has 0 aliphatic carbocycles. The third kappa shape index (κ3) is 5.25. The molecule has 3 aromatic rings. The second kappa shape index (κ2) is 11.5. The Morgan fingerprint density at radius 2 is 0.811 bits per heavy atom. The minimum absolute atomic E-state index is 0.0427. The summed E-state index contributed by atoms with van der Waals surface area (Å²) in [5, 5.41) is 0. The maximum atomic E-state index is 13.9. The van der Waals surface area contributed by atoms with E-state index in [0.717, 1.165) is 0 Å². The van der Waals surface area contributed by atoms with Crippen LogP contribution in [0.25, 0.3) is 0 Å². The summed E-state index contributed by atoms with van der Waals surface area (Å²) in [5.41, 5.74) is 0.726. The van der Waals surface area contributed by atoms with Crippen LogP contribution >= 0.6 is 0 Å². The lowest BCUT2D eigenvalue weighted by atomic mass is 9.82. The monoisotopic (exact) mass is 493 g/mol. The zero-order valence-electron chi connectivity index (χ0n) is 20.1. The number of isocyanates is 3. The van der Waals surface area contributed by atoms with Crippen LogP contribution in [0, 0.1) is 26.7 Å². The van der Waals surface area contributed by atoms with Gasteiger partial charge < -0.3 is 0 Å². The third-order valence-electron chi connectivity index (χ3n) is 5.77. The lowest BCUT2D eigenvalue weighted by Gasteiger charge is -2.18. The predicted octanol–water partition coefficient (Wildman–Crippen LogP) is 5.08. The molecule has 0 amide bonds. The van der Waals surface area contributed by atoms with Gasteiger partial charge in [-0.2, -0.15) is 15.0 Å². The molecule has 3 rings (SSSR count). The van der Waals surface area contributed by atoms with Gasteiger partial charge in [0.25, 0.3) is 0 Å². The van der Waals surface area contributed by atoms with Crippen molar-refractivity contribution in [2.75, 3.05) is 0 Å². The standard InChI is InChI=1S/C28H19N3O6/c1-16-7-4-10-19(23(16)29-13-32)26(35)22(27(36)20-11-5-8-17(2)24(20)30-14-33)28(37)21-12-6-9-18(3)25(21)31-15-34/h4-12,22H,1-3H3. The second-order valence-corrected chi connectivity index (χ2v) is 8.05. The summed E-state index contributed by atoms with van der Waals surface area (Å²) in [6.07, 6.45) is 4.15. The van der Waals surface area contributed by atoms with Crippen molar-refractivity contribution < 1.29 is 28.8 Å². The molecule has 0 aliphatic rings. The Hall–Kier alpha value is -5.19. The first kappa shape index (κ1) is 26.4. The Morgan fingerprint density at radius 3 is 1.05 bits per heavy atom. The topological polar surface area (TPSA) is 140 Å². The third-order valence-corrected chi connectivity index (χ3v) is 5.77. The smallest absolute Gasteiger partial charge is 0.240 e. The van der Waals surface area contributed by atoms with E-state index in [-0.39, 0.29) is 33.8 Å². The van der Waals surface area contributed by atoms with E-state index >= 15 is 0 Å². The average Bonchev–Trinajstić information content (AvgIpc) is 2.87. The largest absolute Gasteiger partial charge is 0.293 e. The Labute approximate surface area is 211 Å². The minimum atomic E-state index is -1.98. The van der Waals surface area contributed by atoms with Crippen molar-refractivity contribution in [2.24, 2.45) is 20.9 Å². The average molecular weight is 493 g/mol. The number of para-hydroxylation sites is 3. The number of carbonyl (C=O) groups excluding carboxylic acids is 6. The number of carbonyl (C=O) groups is 3. The van der Waals surface area contributed by atoms with E-state index in [1.54, 1.807) is 39.0 Å². The first-order valence-corrected chi connectivity index (χ1v) is 10.9. The number of aliphatic imine (C=N–C) groups is 3. The Bertz CT molecular complexity index is 1400. The van der Waals surface area contributed by atoms with Gasteiger partial charge >= 0.3 is 0 Å². The SMILES string of the molecule is Cc1cccc(C(=O)C(C(=O)c2cccc(C)c2N=C=O)C(=O)c2cccc(C)c2N=C=O)c1N=C=O. The van der Waals surface area contributed by atoms with Crippen molar-refractivity contribution in [3.63, 3.8) is 0 Å². The van der Waals surface area contributed by atoms with E-state index in [9.17, 15) is 28.8 Å². The van der Waals surface area contributed by atoms with E-state index in [2.05, 4.69) is 15.0 Å². The second-order valence-electron chi connectivity index (χ2n) is 8.05. The molecule has 0 heterocycles. The van der Waals surface area contributed by atoms with E-state index in [1.165, 1.54) is 54.6 Å². The van der Waals surface area contributed by atoms with Crippen molar-refractivity contribution in [1.29, 1.82) is 0 Å². The Kier molecular flexibility index (Phi) is 8.20. The molecule has 0 saturated carbocycles. The highest BCUT2D eigenvalue weighted by molar-refractivity contribution is 6.33. The van der Waals surface area contributed by atoms with Gasteiger partial charge in [0.15, 0.2) is 17.3 Å². The summed E-state index contributed by atoms with van der Waals surface area (Å²) in [7, 11) is 0. The maximum absolute atomic E-state index is 13.9. The number of ketones is 3. The molecule has 0 N–H and O–H groups in total. The predicted molar refractivity (Wildman–Crippen MR) is 133 cm³/mol. The molecule has 9 heteroatoms. The molecule has 0 fully saturated rings. The van der Waals surface area contributed by atoms with Crippen LogP contribution < -0.4 is 0 Å². The molecular weight excluding hydrogens is 474 g/mol. The van der Waals surface area contributed by atoms with Gasteiger partial charge in [0, 0.05) is 16.7 Å². The summed E-state index contributed by atoms with van der Waals surface area (Å²) in [6.45, 7) is 4.79. The van der Waals surface area contributed by atoms with Gasteiger partial charge in [-0.15, -0.1) is 0 Å². The molecule has 0 unspecified atom stereocenters. The Balaban J connectivity index is 2.34. The highest BCUT2D eigenvalue weighted by Gasteiger charge is 2.39. The number of aryl methyl sites for hydroxylation is 3. The van der Waals surface area contributed by atoms with Gasteiger partial charge in [0.05, 0.1) is 17.1 Å². The van der Waals surface area contributed by atoms with Crippen molar-refractivity contribution >= 4 is 52.7 Å². The molecule has 182 valence electrons. The van der Waals surface area contributed by atoms with Crippen LogP contribution in [0.4, 0.5) is 17.1 Å². The fourth-order valence-electron chi connectivity index (χ4n) is 3.98. The summed E-state index contributed by atoms with van der Waals surface area (Å²) in [6, 6.07) is 13.3. The van der Waals surface area contributed by atoms with Crippen LogP contribution in [0.3, 0.4) is 0 Å². The number of rotatable bonds is 9. The van der Waals surface area contributed by atoms with Crippen LogP contribution in [-0.2, 0) is 14.4 Å². The highest BCUT2D eigenvalue weighted by atomic mass is 16.2. The molecular formula is C28H19N3O6.